The Morgan fingerprint density at radius 2 is 1.95 bits per heavy atom. The molecule has 120 valence electrons. The lowest BCUT2D eigenvalue weighted by molar-refractivity contribution is -0.0450. The molecule has 3 nitrogen and oxygen atoms in total. The Labute approximate surface area is 132 Å². The predicted molar refractivity (Wildman–Crippen MR) is 86.9 cm³/mol. The minimum atomic E-state index is 0.0611. The van der Waals surface area contributed by atoms with Crippen LogP contribution in [0.15, 0.2) is 0 Å². The van der Waals surface area contributed by atoms with E-state index in [2.05, 4.69) is 24.0 Å². The van der Waals surface area contributed by atoms with Gasteiger partial charge in [0.25, 0.3) is 0 Å². The van der Waals surface area contributed by atoms with Crippen LogP contribution in [0.4, 0.5) is 0 Å². The molecule has 0 amide bonds. The molecule has 0 bridgehead atoms. The highest BCUT2D eigenvalue weighted by molar-refractivity contribution is 8.00. The van der Waals surface area contributed by atoms with Gasteiger partial charge in [0.2, 0.25) is 0 Å². The Hall–Kier alpha value is 0.230. The van der Waals surface area contributed by atoms with Crippen LogP contribution in [-0.4, -0.2) is 48.5 Å². The summed E-state index contributed by atoms with van der Waals surface area (Å²) < 4.78 is 12.1. The molecule has 3 heterocycles. The van der Waals surface area contributed by atoms with Crippen molar-refractivity contribution in [3.63, 3.8) is 0 Å². The Balaban J connectivity index is 1.20. The van der Waals surface area contributed by atoms with E-state index in [1.54, 1.807) is 0 Å². The molecule has 3 saturated heterocycles. The van der Waals surface area contributed by atoms with E-state index in [0.717, 1.165) is 31.0 Å². The summed E-state index contributed by atoms with van der Waals surface area (Å²) in [6.45, 7) is 4.02. The molecule has 3 aliphatic heterocycles. The average molecular weight is 311 g/mol. The van der Waals surface area contributed by atoms with Crippen molar-refractivity contribution in [3.8, 4) is 0 Å². The first kappa shape index (κ1) is 14.8. The molecule has 4 rings (SSSR count). The number of ether oxygens (including phenoxy) is 2. The second-order valence-electron chi connectivity index (χ2n) is 7.96. The van der Waals surface area contributed by atoms with Crippen molar-refractivity contribution in [3.05, 3.63) is 0 Å². The van der Waals surface area contributed by atoms with Crippen molar-refractivity contribution in [2.24, 2.45) is 5.41 Å². The Kier molecular flexibility index (Phi) is 4.02. The molecule has 0 aromatic rings. The van der Waals surface area contributed by atoms with Crippen LogP contribution in [0, 0.1) is 5.41 Å². The average Bonchev–Trinajstić information content (AvgIpc) is 3.02. The highest BCUT2D eigenvalue weighted by atomic mass is 32.2. The lowest BCUT2D eigenvalue weighted by Gasteiger charge is -2.46. The highest BCUT2D eigenvalue weighted by Gasteiger charge is 2.46. The minimum Gasteiger partial charge on any atom is -0.375 e. The first-order chi connectivity index (χ1) is 10.2. The van der Waals surface area contributed by atoms with E-state index in [1.807, 2.05) is 0 Å². The normalized spacial score (nSPS) is 42.7. The second kappa shape index (κ2) is 5.70. The summed E-state index contributed by atoms with van der Waals surface area (Å²) in [5, 5.41) is 3.79. The standard InChI is InChI=1S/C17H29NO2S/c1-13-8-17(10-19-13)7-4-15(20-17)9-18-14-2-5-16(6-3-14)11-21-12-16/h13-15,18H,2-12H2,1H3. The van der Waals surface area contributed by atoms with Crippen molar-refractivity contribution in [1.29, 1.82) is 0 Å². The number of hydrogen-bond acceptors (Lipinski definition) is 4. The van der Waals surface area contributed by atoms with Crippen molar-refractivity contribution in [1.82, 2.24) is 5.32 Å². The number of hydrogen-bond donors (Lipinski definition) is 1. The molecule has 4 heteroatoms. The molecule has 1 N–H and O–H groups in total. The lowest BCUT2D eigenvalue weighted by Crippen LogP contribution is -2.45. The van der Waals surface area contributed by atoms with Crippen LogP contribution in [0.1, 0.15) is 51.9 Å². The molecule has 0 aromatic carbocycles. The van der Waals surface area contributed by atoms with Gasteiger partial charge >= 0.3 is 0 Å². The van der Waals surface area contributed by atoms with Crippen LogP contribution in [0.3, 0.4) is 0 Å². The van der Waals surface area contributed by atoms with Gasteiger partial charge < -0.3 is 14.8 Å². The van der Waals surface area contributed by atoms with Gasteiger partial charge in [-0.25, -0.2) is 0 Å². The van der Waals surface area contributed by atoms with E-state index in [-0.39, 0.29) is 5.60 Å². The zero-order valence-corrected chi connectivity index (χ0v) is 14.1. The van der Waals surface area contributed by atoms with Gasteiger partial charge in [0.1, 0.15) is 0 Å². The Morgan fingerprint density at radius 3 is 2.57 bits per heavy atom. The van der Waals surface area contributed by atoms with Crippen LogP contribution < -0.4 is 5.32 Å². The zero-order chi connectivity index (χ0) is 14.3. The van der Waals surface area contributed by atoms with Crippen LogP contribution in [0.25, 0.3) is 0 Å². The molecule has 0 radical (unpaired) electrons. The van der Waals surface area contributed by atoms with E-state index in [4.69, 9.17) is 9.47 Å². The van der Waals surface area contributed by atoms with Gasteiger partial charge in [0, 0.05) is 19.0 Å². The summed E-state index contributed by atoms with van der Waals surface area (Å²) in [6.07, 6.45) is 9.91. The maximum Gasteiger partial charge on any atom is 0.0944 e. The van der Waals surface area contributed by atoms with Gasteiger partial charge in [0.05, 0.1) is 24.4 Å². The topological polar surface area (TPSA) is 30.5 Å². The van der Waals surface area contributed by atoms with Gasteiger partial charge in [-0.3, -0.25) is 0 Å². The molecule has 4 aliphatic rings. The lowest BCUT2D eigenvalue weighted by atomic mass is 9.74. The summed E-state index contributed by atoms with van der Waals surface area (Å²) in [4.78, 5) is 0. The van der Waals surface area contributed by atoms with Crippen molar-refractivity contribution in [2.45, 2.75) is 75.7 Å². The molecular weight excluding hydrogens is 282 g/mol. The number of nitrogens with one attached hydrogen (secondary N) is 1. The smallest absolute Gasteiger partial charge is 0.0944 e. The monoisotopic (exact) mass is 311 g/mol. The number of thioether (sulfide) groups is 1. The van der Waals surface area contributed by atoms with E-state index in [0.29, 0.717) is 12.2 Å². The fraction of sp³-hybridized carbons (Fsp3) is 1.00. The fourth-order valence-corrected chi connectivity index (χ4v) is 6.00. The minimum absolute atomic E-state index is 0.0611. The van der Waals surface area contributed by atoms with Gasteiger partial charge in [-0.1, -0.05) is 0 Å². The van der Waals surface area contributed by atoms with Gasteiger partial charge in [-0.05, 0) is 62.4 Å². The first-order valence-corrected chi connectivity index (χ1v) is 9.93. The summed E-state index contributed by atoms with van der Waals surface area (Å²) >= 11 is 2.14. The van der Waals surface area contributed by atoms with E-state index in [1.165, 1.54) is 50.0 Å². The fourth-order valence-electron chi connectivity index (χ4n) is 4.64. The third-order valence-electron chi connectivity index (χ3n) is 6.13. The molecule has 1 saturated carbocycles. The van der Waals surface area contributed by atoms with Crippen molar-refractivity contribution in [2.75, 3.05) is 24.7 Å². The highest BCUT2D eigenvalue weighted by Crippen LogP contribution is 2.48. The van der Waals surface area contributed by atoms with E-state index in [9.17, 15) is 0 Å². The predicted octanol–water partition coefficient (Wildman–Crippen LogP) is 2.98. The maximum atomic E-state index is 6.35. The molecule has 2 spiro atoms. The van der Waals surface area contributed by atoms with Gasteiger partial charge in [0.15, 0.2) is 0 Å². The summed E-state index contributed by atoms with van der Waals surface area (Å²) in [5.41, 5.74) is 0.805. The second-order valence-corrected chi connectivity index (χ2v) is 8.95. The quantitative estimate of drug-likeness (QED) is 0.868. The largest absolute Gasteiger partial charge is 0.375 e. The summed E-state index contributed by atoms with van der Waals surface area (Å²) in [7, 11) is 0. The Bertz CT molecular complexity index is 377. The SMILES string of the molecule is CC1CC2(CCC(CNC3CCC4(CC3)CSC4)O2)CO1. The zero-order valence-electron chi connectivity index (χ0n) is 13.2. The molecule has 4 fully saturated rings. The molecule has 21 heavy (non-hydrogen) atoms. The summed E-state index contributed by atoms with van der Waals surface area (Å²) in [5.74, 6) is 2.85. The third-order valence-corrected chi connectivity index (χ3v) is 7.76. The first-order valence-electron chi connectivity index (χ1n) is 8.78. The van der Waals surface area contributed by atoms with Gasteiger partial charge in [-0.15, -0.1) is 0 Å². The number of rotatable bonds is 3. The third kappa shape index (κ3) is 3.01. The molecular formula is C17H29NO2S. The van der Waals surface area contributed by atoms with Crippen LogP contribution in [0.2, 0.25) is 0 Å². The molecule has 3 atom stereocenters. The molecule has 0 aromatic heterocycles. The van der Waals surface area contributed by atoms with Gasteiger partial charge in [-0.2, -0.15) is 11.8 Å². The van der Waals surface area contributed by atoms with E-state index < -0.39 is 0 Å². The molecule has 1 aliphatic carbocycles. The van der Waals surface area contributed by atoms with E-state index >= 15 is 0 Å². The van der Waals surface area contributed by atoms with Crippen LogP contribution >= 0.6 is 11.8 Å². The van der Waals surface area contributed by atoms with Crippen LogP contribution in [0.5, 0.6) is 0 Å². The maximum absolute atomic E-state index is 6.35. The van der Waals surface area contributed by atoms with Crippen LogP contribution in [-0.2, 0) is 9.47 Å². The van der Waals surface area contributed by atoms with Crippen molar-refractivity contribution < 1.29 is 9.47 Å². The molecule has 3 unspecified atom stereocenters. The Morgan fingerprint density at radius 1 is 1.14 bits per heavy atom. The van der Waals surface area contributed by atoms with Crippen molar-refractivity contribution >= 4 is 11.8 Å². The summed E-state index contributed by atoms with van der Waals surface area (Å²) in [6, 6.07) is 0.736.